The van der Waals surface area contributed by atoms with E-state index < -0.39 is 44.7 Å². The lowest BCUT2D eigenvalue weighted by Crippen LogP contribution is -2.37. The third-order valence-electron chi connectivity index (χ3n) is 8.71. The Labute approximate surface area is 340 Å². The number of nitrogens with zero attached hydrogens (tertiary/aromatic N) is 1. The first-order chi connectivity index (χ1) is 26.8. The largest absolute Gasteiger partial charge is 0.472 e. The maximum Gasteiger partial charge on any atom is 0.472 e. The zero-order valence-corrected chi connectivity index (χ0v) is 36.5. The number of esters is 2. The van der Waals surface area contributed by atoms with Gasteiger partial charge in [0, 0.05) is 12.8 Å². The molecule has 0 aliphatic heterocycles. The molecule has 0 aliphatic rings. The van der Waals surface area contributed by atoms with Gasteiger partial charge in [-0.15, -0.1) is 0 Å². The molecule has 0 aliphatic carbocycles. The zero-order chi connectivity index (χ0) is 41.8. The molecule has 4 atom stereocenters. The van der Waals surface area contributed by atoms with Crippen molar-refractivity contribution in [1.29, 1.82) is 0 Å². The number of carbonyl (C=O) groups is 2. The summed E-state index contributed by atoms with van der Waals surface area (Å²) in [5, 5.41) is 20.3. The van der Waals surface area contributed by atoms with Gasteiger partial charge >= 0.3 is 19.8 Å². The molecule has 0 aromatic heterocycles. The summed E-state index contributed by atoms with van der Waals surface area (Å²) in [5.74, 6) is -1.06. The number of hydrogen-bond acceptors (Lipinski definition) is 9. The van der Waals surface area contributed by atoms with E-state index in [1.807, 2.05) is 27.2 Å². The number of aliphatic hydroxyl groups excluding tert-OH is 2. The highest BCUT2D eigenvalue weighted by Crippen LogP contribution is 2.43. The first kappa shape index (κ1) is 53.6. The van der Waals surface area contributed by atoms with Crippen molar-refractivity contribution in [2.45, 2.75) is 161 Å². The second-order valence-electron chi connectivity index (χ2n) is 15.4. The highest BCUT2D eigenvalue weighted by molar-refractivity contribution is 7.47. The predicted octanol–water partition coefficient (Wildman–Crippen LogP) is 9.63. The van der Waals surface area contributed by atoms with E-state index in [2.05, 4.69) is 32.1 Å². The fraction of sp³-hybridized carbons (Fsp3) is 0.727. The van der Waals surface area contributed by atoms with Crippen LogP contribution in [0.5, 0.6) is 0 Å². The second kappa shape index (κ2) is 35.8. The highest BCUT2D eigenvalue weighted by atomic mass is 31.2. The van der Waals surface area contributed by atoms with Crippen molar-refractivity contribution in [2.75, 3.05) is 47.5 Å². The number of aliphatic hydroxyl groups is 2. The predicted molar refractivity (Wildman–Crippen MR) is 227 cm³/mol. The molecule has 3 N–H and O–H groups in total. The third-order valence-corrected chi connectivity index (χ3v) is 9.69. The lowest BCUT2D eigenvalue weighted by Gasteiger charge is -2.24. The van der Waals surface area contributed by atoms with Gasteiger partial charge in [0.15, 0.2) is 6.10 Å². The van der Waals surface area contributed by atoms with Crippen molar-refractivity contribution in [1.82, 2.24) is 0 Å². The Hall–Kier alpha value is -2.37. The topological polar surface area (TPSA) is 149 Å². The number of carbonyl (C=O) groups excluding carboxylic acids is 2. The normalized spacial score (nSPS) is 15.4. The van der Waals surface area contributed by atoms with Crippen LogP contribution in [0.1, 0.15) is 142 Å². The minimum absolute atomic E-state index is 0.0120. The van der Waals surface area contributed by atoms with Gasteiger partial charge in [-0.2, -0.15) is 0 Å². The molecule has 0 spiro atoms. The van der Waals surface area contributed by atoms with Crippen LogP contribution in [0.3, 0.4) is 0 Å². The van der Waals surface area contributed by atoms with Gasteiger partial charge in [0.05, 0.1) is 40.0 Å². The maximum atomic E-state index is 12.7. The Kier molecular flexibility index (Phi) is 34.3. The van der Waals surface area contributed by atoms with Crippen molar-refractivity contribution in [3.63, 3.8) is 0 Å². The Morgan fingerprint density at radius 2 is 1.18 bits per heavy atom. The molecule has 0 saturated heterocycles. The lowest BCUT2D eigenvalue weighted by atomic mass is 10.1. The van der Waals surface area contributed by atoms with Crippen molar-refractivity contribution in [3.05, 3.63) is 60.8 Å². The van der Waals surface area contributed by atoms with E-state index in [1.165, 1.54) is 44.9 Å². The summed E-state index contributed by atoms with van der Waals surface area (Å²) in [7, 11) is 1.33. The number of unbranched alkanes of at least 4 members (excludes halogenated alkanes) is 12. The Bertz CT molecular complexity index is 1180. The van der Waals surface area contributed by atoms with Crippen LogP contribution < -0.4 is 0 Å². The molecule has 12 heteroatoms. The average molecular weight is 813 g/mol. The van der Waals surface area contributed by atoms with Crippen LogP contribution in [0.2, 0.25) is 0 Å². The molecule has 11 nitrogen and oxygen atoms in total. The summed E-state index contributed by atoms with van der Waals surface area (Å²) < 4.78 is 34.0. The first-order valence-electron chi connectivity index (χ1n) is 21.2. The van der Waals surface area contributed by atoms with Crippen molar-refractivity contribution in [3.8, 4) is 0 Å². The zero-order valence-electron chi connectivity index (χ0n) is 35.6. The Morgan fingerprint density at radius 3 is 1.82 bits per heavy atom. The van der Waals surface area contributed by atoms with E-state index in [0.717, 1.165) is 44.9 Å². The second-order valence-corrected chi connectivity index (χ2v) is 16.9. The minimum Gasteiger partial charge on any atom is -0.462 e. The Balaban J connectivity index is 4.67. The standard InChI is InChI=1S/C44H78NO10P/c1-6-8-10-12-14-15-16-17-18-19-20-22-28-34-44(49)55-42(39-54-56(50,51)53-37-36-45(3,4)5)38-52-43(48)35-29-33-41(47)32-27-24-23-26-31-40(46)30-25-21-13-11-9-7-2/h15-16,21,23-27,31-32,40-42,46-47H,6-14,17-20,22,28-30,33-39H2,1-5H3/p+1/b16-15-,24-23+,25-21-,31-26+,32-27-/t40-,41-,42-/m1/s1. The molecule has 0 aromatic rings. The molecule has 0 saturated carbocycles. The number of likely N-dealkylation sites (N-methyl/N-ethyl adjacent to an activating group) is 1. The van der Waals surface area contributed by atoms with Crippen molar-refractivity contribution in [2.24, 2.45) is 0 Å². The fourth-order valence-corrected chi connectivity index (χ4v) is 6.00. The van der Waals surface area contributed by atoms with E-state index in [-0.39, 0.29) is 26.1 Å². The van der Waals surface area contributed by atoms with Crippen LogP contribution in [-0.4, -0.2) is 97.3 Å². The SMILES string of the molecule is CCCCC/C=C\C[C@@H](O)/C=C/C=C/C=C\[C@@H](O)CCCC(=O)OC[C@H](COP(=O)(O)OCC[N+](C)(C)C)OC(=O)CCCCCCC/C=C\CCCCCC. The van der Waals surface area contributed by atoms with Gasteiger partial charge < -0.3 is 29.1 Å². The highest BCUT2D eigenvalue weighted by Gasteiger charge is 2.27. The van der Waals surface area contributed by atoms with Crippen LogP contribution in [-0.2, 0) is 32.7 Å². The molecule has 0 heterocycles. The molecule has 0 bridgehead atoms. The summed E-state index contributed by atoms with van der Waals surface area (Å²) in [6.45, 7) is 4.03. The number of phosphoric ester groups is 1. The van der Waals surface area contributed by atoms with E-state index in [9.17, 15) is 29.3 Å². The first-order valence-corrected chi connectivity index (χ1v) is 22.7. The smallest absolute Gasteiger partial charge is 0.462 e. The number of hydrogen-bond donors (Lipinski definition) is 3. The van der Waals surface area contributed by atoms with E-state index >= 15 is 0 Å². The molecule has 0 amide bonds. The van der Waals surface area contributed by atoms with Gasteiger partial charge in [0.25, 0.3) is 0 Å². The third kappa shape index (κ3) is 38.5. The van der Waals surface area contributed by atoms with Crippen molar-refractivity contribution < 1.29 is 52.3 Å². The summed E-state index contributed by atoms with van der Waals surface area (Å²) in [6, 6.07) is 0. The number of allylic oxidation sites excluding steroid dienone is 7. The van der Waals surface area contributed by atoms with Crippen LogP contribution >= 0.6 is 7.82 Å². The molecule has 0 aromatic carbocycles. The molecule has 56 heavy (non-hydrogen) atoms. The number of quaternary nitrogens is 1. The monoisotopic (exact) mass is 813 g/mol. The van der Waals surface area contributed by atoms with E-state index in [0.29, 0.717) is 36.7 Å². The van der Waals surface area contributed by atoms with Crippen LogP contribution in [0.4, 0.5) is 0 Å². The number of phosphoric acid groups is 1. The maximum absolute atomic E-state index is 12.7. The summed E-state index contributed by atoms with van der Waals surface area (Å²) >= 11 is 0. The molecule has 0 fully saturated rings. The van der Waals surface area contributed by atoms with Crippen LogP contribution in [0.15, 0.2) is 60.8 Å². The van der Waals surface area contributed by atoms with Gasteiger partial charge in [-0.3, -0.25) is 18.6 Å². The van der Waals surface area contributed by atoms with E-state index in [4.69, 9.17) is 18.5 Å². The number of rotatable bonds is 37. The van der Waals surface area contributed by atoms with Crippen LogP contribution in [0, 0.1) is 0 Å². The van der Waals surface area contributed by atoms with Crippen LogP contribution in [0.25, 0.3) is 0 Å². The molecule has 1 unspecified atom stereocenters. The molecule has 0 radical (unpaired) electrons. The summed E-state index contributed by atoms with van der Waals surface area (Å²) in [6.07, 6.45) is 34.7. The van der Waals surface area contributed by atoms with Gasteiger partial charge in [-0.05, 0) is 64.2 Å². The quantitative estimate of drug-likeness (QED) is 0.0138. The summed E-state index contributed by atoms with van der Waals surface area (Å²) in [5.41, 5.74) is 0. The Morgan fingerprint density at radius 1 is 0.643 bits per heavy atom. The van der Waals surface area contributed by atoms with Gasteiger partial charge in [0.2, 0.25) is 0 Å². The fourth-order valence-electron chi connectivity index (χ4n) is 5.26. The van der Waals surface area contributed by atoms with E-state index in [1.54, 1.807) is 36.5 Å². The average Bonchev–Trinajstić information content (AvgIpc) is 3.13. The van der Waals surface area contributed by atoms with Crippen molar-refractivity contribution >= 4 is 19.8 Å². The molecular weight excluding hydrogens is 733 g/mol. The molecule has 324 valence electrons. The van der Waals surface area contributed by atoms with Gasteiger partial charge in [-0.1, -0.05) is 126 Å². The molecule has 0 rings (SSSR count). The summed E-state index contributed by atoms with van der Waals surface area (Å²) in [4.78, 5) is 35.3. The van der Waals surface area contributed by atoms with Gasteiger partial charge in [0.1, 0.15) is 19.8 Å². The molecular formula is C44H79NO10P+. The minimum atomic E-state index is -4.44. The lowest BCUT2D eigenvalue weighted by molar-refractivity contribution is -0.870. The number of ether oxygens (including phenoxy) is 2. The van der Waals surface area contributed by atoms with Gasteiger partial charge in [-0.25, -0.2) is 4.57 Å².